The van der Waals surface area contributed by atoms with E-state index in [1.54, 1.807) is 6.07 Å². The van der Waals surface area contributed by atoms with Gasteiger partial charge in [0.1, 0.15) is 10.0 Å². The normalized spacial score (nSPS) is 11.5. The topological polar surface area (TPSA) is 72.2 Å². The van der Waals surface area contributed by atoms with E-state index >= 15 is 0 Å². The Hall–Kier alpha value is -1.15. The average molecular weight is 321 g/mol. The first kappa shape index (κ1) is 14.3. The van der Waals surface area contributed by atoms with Crippen molar-refractivity contribution >= 4 is 38.6 Å². The molecule has 0 aliphatic heterocycles. The van der Waals surface area contributed by atoms with Crippen LogP contribution >= 0.6 is 22.9 Å². The summed E-state index contributed by atoms with van der Waals surface area (Å²) >= 11 is 6.60. The molecule has 0 saturated carbocycles. The zero-order valence-corrected chi connectivity index (χ0v) is 11.9. The number of nitrogens with one attached hydrogen (secondary N) is 1. The summed E-state index contributed by atoms with van der Waals surface area (Å²) < 4.78 is 39.7. The van der Waals surface area contributed by atoms with E-state index < -0.39 is 15.8 Å². The van der Waals surface area contributed by atoms with Gasteiger partial charge in [-0.25, -0.2) is 12.8 Å². The van der Waals surface area contributed by atoms with Gasteiger partial charge in [-0.3, -0.25) is 4.72 Å². The van der Waals surface area contributed by atoms with Gasteiger partial charge in [0.05, 0.1) is 10.7 Å². The minimum absolute atomic E-state index is 0.0653. The van der Waals surface area contributed by atoms with Crippen molar-refractivity contribution in [2.24, 2.45) is 5.73 Å². The molecule has 0 radical (unpaired) electrons. The largest absolute Gasteiger partial charge is 0.326 e. The highest BCUT2D eigenvalue weighted by Gasteiger charge is 2.17. The summed E-state index contributed by atoms with van der Waals surface area (Å²) in [4.78, 5) is 0.752. The van der Waals surface area contributed by atoms with Gasteiger partial charge in [-0.05, 0) is 30.3 Å². The Labute approximate surface area is 119 Å². The minimum Gasteiger partial charge on any atom is -0.326 e. The van der Waals surface area contributed by atoms with Crippen molar-refractivity contribution in [3.8, 4) is 0 Å². The fourth-order valence-electron chi connectivity index (χ4n) is 1.38. The molecule has 0 fully saturated rings. The zero-order chi connectivity index (χ0) is 14.0. The highest BCUT2D eigenvalue weighted by Crippen LogP contribution is 2.25. The first-order valence-electron chi connectivity index (χ1n) is 5.19. The van der Waals surface area contributed by atoms with Crippen LogP contribution in [0.25, 0.3) is 0 Å². The van der Waals surface area contributed by atoms with E-state index in [1.165, 1.54) is 18.2 Å². The Bertz CT molecular complexity index is 700. The van der Waals surface area contributed by atoms with Crippen molar-refractivity contribution in [1.82, 2.24) is 0 Å². The standard InChI is InChI=1S/C11H10ClFN2O2S2/c12-9-3-1-7(5-10(9)13)15-19(16,17)11-4-2-8(6-14)18-11/h1-5,15H,6,14H2. The molecule has 102 valence electrons. The second kappa shape index (κ2) is 5.46. The van der Waals surface area contributed by atoms with Crippen LogP contribution in [0.2, 0.25) is 5.02 Å². The molecule has 0 aliphatic rings. The van der Waals surface area contributed by atoms with Gasteiger partial charge < -0.3 is 5.73 Å². The summed E-state index contributed by atoms with van der Waals surface area (Å²) in [5, 5.41) is -0.0653. The number of halogens is 2. The number of benzene rings is 1. The van der Waals surface area contributed by atoms with Gasteiger partial charge in [-0.1, -0.05) is 11.6 Å². The van der Waals surface area contributed by atoms with Crippen molar-refractivity contribution in [3.63, 3.8) is 0 Å². The lowest BCUT2D eigenvalue weighted by atomic mass is 10.3. The molecule has 1 aromatic heterocycles. The zero-order valence-electron chi connectivity index (χ0n) is 9.56. The van der Waals surface area contributed by atoms with Crippen LogP contribution in [-0.2, 0) is 16.6 Å². The van der Waals surface area contributed by atoms with Crippen LogP contribution in [0.1, 0.15) is 4.88 Å². The first-order valence-corrected chi connectivity index (χ1v) is 7.87. The van der Waals surface area contributed by atoms with Gasteiger partial charge >= 0.3 is 0 Å². The summed E-state index contributed by atoms with van der Waals surface area (Å²) in [5.74, 6) is -0.685. The molecular formula is C11H10ClFN2O2S2. The Balaban J connectivity index is 2.28. The number of rotatable bonds is 4. The Kier molecular flexibility index (Phi) is 4.10. The fraction of sp³-hybridized carbons (Fsp3) is 0.0909. The maximum Gasteiger partial charge on any atom is 0.271 e. The third kappa shape index (κ3) is 3.24. The number of thiophene rings is 1. The lowest BCUT2D eigenvalue weighted by Gasteiger charge is -2.06. The molecule has 2 aromatic rings. The molecule has 0 bridgehead atoms. The van der Waals surface area contributed by atoms with Gasteiger partial charge in [0.25, 0.3) is 10.0 Å². The van der Waals surface area contributed by atoms with Crippen LogP contribution < -0.4 is 10.5 Å². The van der Waals surface area contributed by atoms with Gasteiger partial charge in [0.2, 0.25) is 0 Å². The van der Waals surface area contributed by atoms with Crippen LogP contribution in [0.15, 0.2) is 34.5 Å². The molecule has 0 amide bonds. The molecule has 19 heavy (non-hydrogen) atoms. The highest BCUT2D eigenvalue weighted by molar-refractivity contribution is 7.94. The van der Waals surface area contributed by atoms with Gasteiger partial charge in [0.15, 0.2) is 0 Å². The number of sulfonamides is 1. The number of hydrogen-bond donors (Lipinski definition) is 2. The second-order valence-electron chi connectivity index (χ2n) is 3.66. The Morgan fingerprint density at radius 2 is 2.05 bits per heavy atom. The maximum absolute atomic E-state index is 13.2. The molecule has 1 heterocycles. The van der Waals surface area contributed by atoms with E-state index in [0.29, 0.717) is 0 Å². The van der Waals surface area contributed by atoms with Crippen LogP contribution in [-0.4, -0.2) is 8.42 Å². The van der Waals surface area contributed by atoms with Crippen molar-refractivity contribution in [1.29, 1.82) is 0 Å². The molecule has 3 N–H and O–H groups in total. The summed E-state index contributed by atoms with van der Waals surface area (Å²) in [6, 6.07) is 6.80. The molecular weight excluding hydrogens is 311 g/mol. The third-order valence-corrected chi connectivity index (χ3v) is 5.56. The lowest BCUT2D eigenvalue weighted by Crippen LogP contribution is -2.11. The van der Waals surface area contributed by atoms with Gasteiger partial charge in [-0.15, -0.1) is 11.3 Å². The summed E-state index contributed by atoms with van der Waals surface area (Å²) in [5.41, 5.74) is 5.54. The predicted octanol–water partition coefficient (Wildman–Crippen LogP) is 2.80. The molecule has 0 unspecified atom stereocenters. The Morgan fingerprint density at radius 1 is 1.32 bits per heavy atom. The van der Waals surface area contributed by atoms with Crippen LogP contribution in [0.4, 0.5) is 10.1 Å². The quantitative estimate of drug-likeness (QED) is 0.910. The number of nitrogens with two attached hydrogens (primary N) is 1. The number of hydrogen-bond acceptors (Lipinski definition) is 4. The summed E-state index contributed by atoms with van der Waals surface area (Å²) in [7, 11) is -3.73. The molecule has 0 aliphatic carbocycles. The van der Waals surface area contributed by atoms with E-state index in [1.807, 2.05) is 0 Å². The maximum atomic E-state index is 13.2. The van der Waals surface area contributed by atoms with E-state index in [-0.39, 0.29) is 21.5 Å². The molecule has 4 nitrogen and oxygen atoms in total. The monoisotopic (exact) mass is 320 g/mol. The van der Waals surface area contributed by atoms with Crippen molar-refractivity contribution in [2.75, 3.05) is 4.72 Å². The third-order valence-electron chi connectivity index (χ3n) is 2.27. The Morgan fingerprint density at radius 3 is 2.63 bits per heavy atom. The van der Waals surface area contributed by atoms with Crippen LogP contribution in [0.5, 0.6) is 0 Å². The first-order chi connectivity index (χ1) is 8.92. The fourth-order valence-corrected chi connectivity index (χ4v) is 3.78. The van der Waals surface area contributed by atoms with Crippen LogP contribution in [0, 0.1) is 5.82 Å². The second-order valence-corrected chi connectivity index (χ2v) is 7.14. The highest BCUT2D eigenvalue weighted by atomic mass is 35.5. The average Bonchev–Trinajstić information content (AvgIpc) is 2.83. The molecule has 0 spiro atoms. The molecule has 1 aromatic carbocycles. The molecule has 8 heteroatoms. The minimum atomic E-state index is -3.73. The van der Waals surface area contributed by atoms with Crippen molar-refractivity contribution < 1.29 is 12.8 Å². The smallest absolute Gasteiger partial charge is 0.271 e. The lowest BCUT2D eigenvalue weighted by molar-refractivity contribution is 0.603. The van der Waals surface area contributed by atoms with Gasteiger partial charge in [0, 0.05) is 11.4 Å². The van der Waals surface area contributed by atoms with E-state index in [9.17, 15) is 12.8 Å². The SMILES string of the molecule is NCc1ccc(S(=O)(=O)Nc2ccc(Cl)c(F)c2)s1. The summed E-state index contributed by atoms with van der Waals surface area (Å²) in [6.45, 7) is 0.274. The molecule has 0 atom stereocenters. The van der Waals surface area contributed by atoms with Crippen molar-refractivity contribution in [2.45, 2.75) is 10.8 Å². The van der Waals surface area contributed by atoms with E-state index in [0.717, 1.165) is 22.3 Å². The van der Waals surface area contributed by atoms with E-state index in [4.69, 9.17) is 17.3 Å². The molecule has 2 rings (SSSR count). The van der Waals surface area contributed by atoms with Crippen LogP contribution in [0.3, 0.4) is 0 Å². The van der Waals surface area contributed by atoms with E-state index in [2.05, 4.69) is 4.72 Å². The molecule has 0 saturated heterocycles. The van der Waals surface area contributed by atoms with Gasteiger partial charge in [-0.2, -0.15) is 0 Å². The predicted molar refractivity (Wildman–Crippen MR) is 74.4 cm³/mol. The number of anilines is 1. The summed E-state index contributed by atoms with van der Waals surface area (Å²) in [6.07, 6.45) is 0. The van der Waals surface area contributed by atoms with Crippen molar-refractivity contribution in [3.05, 3.63) is 46.0 Å².